The molecule has 2 aliphatic rings. The Kier molecular flexibility index (Phi) is 6.31. The van der Waals surface area contributed by atoms with Gasteiger partial charge in [-0.2, -0.15) is 0 Å². The quantitative estimate of drug-likeness (QED) is 0.670. The third-order valence-corrected chi connectivity index (χ3v) is 6.68. The van der Waals surface area contributed by atoms with Gasteiger partial charge < -0.3 is 14.4 Å². The summed E-state index contributed by atoms with van der Waals surface area (Å²) >= 11 is 1.57. The maximum atomic E-state index is 13.1. The molecule has 2 saturated heterocycles. The van der Waals surface area contributed by atoms with Crippen LogP contribution < -0.4 is 4.90 Å². The molecule has 0 bridgehead atoms. The van der Waals surface area contributed by atoms with Crippen molar-refractivity contribution >= 4 is 28.9 Å². The first kappa shape index (κ1) is 20.1. The van der Waals surface area contributed by atoms with E-state index in [1.165, 1.54) is 0 Å². The molecule has 5 nitrogen and oxygen atoms in total. The van der Waals surface area contributed by atoms with Crippen LogP contribution in [0.5, 0.6) is 0 Å². The number of ether oxygens (including phenoxy) is 2. The van der Waals surface area contributed by atoms with Gasteiger partial charge in [-0.25, -0.2) is 0 Å². The molecule has 2 aromatic rings. The number of benzene rings is 1. The zero-order valence-electron chi connectivity index (χ0n) is 16.7. The third-order valence-electron chi connectivity index (χ3n) is 5.73. The number of anilines is 1. The molecule has 0 unspecified atom stereocenters. The number of aryl methyl sites for hydroxylation is 1. The molecular formula is C23H27NO4S. The zero-order valence-corrected chi connectivity index (χ0v) is 17.5. The fourth-order valence-electron chi connectivity index (χ4n) is 4.16. The summed E-state index contributed by atoms with van der Waals surface area (Å²) in [5.74, 6) is -0.564. The molecule has 3 atom stereocenters. The molecule has 154 valence electrons. The number of thiophene rings is 1. The fraction of sp³-hybridized carbons (Fsp3) is 0.478. The normalized spacial score (nSPS) is 25.1. The molecule has 2 aliphatic heterocycles. The van der Waals surface area contributed by atoms with Gasteiger partial charge in [0.05, 0.1) is 18.1 Å². The number of rotatable bonds is 5. The third kappa shape index (κ3) is 4.54. The Balaban J connectivity index is 1.57. The van der Waals surface area contributed by atoms with E-state index in [-0.39, 0.29) is 29.9 Å². The lowest BCUT2D eigenvalue weighted by atomic mass is 9.87. The van der Waals surface area contributed by atoms with E-state index in [2.05, 4.69) is 0 Å². The molecule has 6 heteroatoms. The van der Waals surface area contributed by atoms with Crippen LogP contribution >= 0.6 is 11.3 Å². The summed E-state index contributed by atoms with van der Waals surface area (Å²) in [6.45, 7) is 3.05. The van der Waals surface area contributed by atoms with Gasteiger partial charge in [0.25, 0.3) is 0 Å². The molecule has 1 amide bonds. The van der Waals surface area contributed by atoms with E-state index in [4.69, 9.17) is 9.47 Å². The highest BCUT2D eigenvalue weighted by molar-refractivity contribution is 7.10. The first-order valence-electron chi connectivity index (χ1n) is 10.3. The summed E-state index contributed by atoms with van der Waals surface area (Å²) in [7, 11) is 0. The molecule has 0 N–H and O–H groups in total. The number of esters is 1. The van der Waals surface area contributed by atoms with E-state index in [0.717, 1.165) is 42.0 Å². The van der Waals surface area contributed by atoms with Crippen molar-refractivity contribution in [1.82, 2.24) is 0 Å². The summed E-state index contributed by atoms with van der Waals surface area (Å²) in [5.41, 5.74) is 1.96. The molecule has 0 aliphatic carbocycles. The van der Waals surface area contributed by atoms with Crippen molar-refractivity contribution in [2.24, 2.45) is 5.92 Å². The van der Waals surface area contributed by atoms with Gasteiger partial charge in [0.1, 0.15) is 6.61 Å². The van der Waals surface area contributed by atoms with Crippen molar-refractivity contribution in [3.8, 4) is 0 Å². The molecule has 1 aromatic carbocycles. The highest BCUT2D eigenvalue weighted by Gasteiger charge is 2.43. The minimum atomic E-state index is -0.378. The van der Waals surface area contributed by atoms with Crippen molar-refractivity contribution < 1.29 is 19.1 Å². The average molecular weight is 414 g/mol. The summed E-state index contributed by atoms with van der Waals surface area (Å²) in [4.78, 5) is 28.8. The van der Waals surface area contributed by atoms with Gasteiger partial charge in [-0.3, -0.25) is 9.59 Å². The Hall–Kier alpha value is -2.18. The van der Waals surface area contributed by atoms with Crippen molar-refractivity contribution in [2.75, 3.05) is 18.1 Å². The van der Waals surface area contributed by atoms with E-state index in [9.17, 15) is 9.59 Å². The summed E-state index contributed by atoms with van der Waals surface area (Å²) in [6.07, 6.45) is 3.95. The van der Waals surface area contributed by atoms with E-state index in [1.807, 2.05) is 48.7 Å². The molecule has 0 spiro atoms. The van der Waals surface area contributed by atoms with Crippen LogP contribution in [0.25, 0.3) is 0 Å². The topological polar surface area (TPSA) is 55.8 Å². The highest BCUT2D eigenvalue weighted by Crippen LogP contribution is 2.42. The van der Waals surface area contributed by atoms with Gasteiger partial charge in [-0.1, -0.05) is 23.8 Å². The van der Waals surface area contributed by atoms with Crippen molar-refractivity contribution in [3.63, 3.8) is 0 Å². The van der Waals surface area contributed by atoms with Crippen LogP contribution in [-0.2, 0) is 19.1 Å². The lowest BCUT2D eigenvalue weighted by Gasteiger charge is -2.39. The Morgan fingerprint density at radius 1 is 1.21 bits per heavy atom. The molecule has 3 heterocycles. The summed E-state index contributed by atoms with van der Waals surface area (Å²) in [6, 6.07) is 11.5. The molecule has 0 radical (unpaired) electrons. The molecule has 4 rings (SSSR count). The number of amides is 1. The van der Waals surface area contributed by atoms with Gasteiger partial charge in [0, 0.05) is 23.6 Å². The number of carbonyl (C=O) groups is 2. The van der Waals surface area contributed by atoms with Crippen molar-refractivity contribution in [3.05, 3.63) is 52.2 Å². The second kappa shape index (κ2) is 9.09. The number of nitrogens with zero attached hydrogens (tertiary/aromatic N) is 1. The average Bonchev–Trinajstić information content (AvgIpc) is 3.28. The fourth-order valence-corrected chi connectivity index (χ4v) is 5.04. The number of hydrogen-bond acceptors (Lipinski definition) is 5. The van der Waals surface area contributed by atoms with Crippen LogP contribution in [0.3, 0.4) is 0 Å². The van der Waals surface area contributed by atoms with Gasteiger partial charge in [0.15, 0.2) is 0 Å². The maximum absolute atomic E-state index is 13.1. The summed E-state index contributed by atoms with van der Waals surface area (Å²) in [5, 5.41) is 1.99. The second-order valence-electron chi connectivity index (χ2n) is 7.82. The minimum Gasteiger partial charge on any atom is -0.463 e. The zero-order chi connectivity index (χ0) is 20.2. The molecular weight excluding hydrogens is 386 g/mol. The summed E-state index contributed by atoms with van der Waals surface area (Å²) < 4.78 is 11.4. The van der Waals surface area contributed by atoms with Gasteiger partial charge in [-0.15, -0.1) is 11.3 Å². The highest BCUT2D eigenvalue weighted by atomic mass is 32.1. The van der Waals surface area contributed by atoms with E-state index in [1.54, 1.807) is 16.2 Å². The van der Waals surface area contributed by atoms with Crippen LogP contribution in [0, 0.1) is 12.8 Å². The van der Waals surface area contributed by atoms with Crippen LogP contribution in [0.4, 0.5) is 5.69 Å². The monoisotopic (exact) mass is 413 g/mol. The smallest absolute Gasteiger partial charge is 0.311 e. The van der Waals surface area contributed by atoms with E-state index < -0.39 is 0 Å². The molecule has 0 saturated carbocycles. The van der Waals surface area contributed by atoms with Gasteiger partial charge in [-0.05, 0) is 56.2 Å². The van der Waals surface area contributed by atoms with Gasteiger partial charge >= 0.3 is 5.97 Å². The molecule has 1 aromatic heterocycles. The van der Waals surface area contributed by atoms with Crippen LogP contribution in [-0.4, -0.2) is 31.2 Å². The van der Waals surface area contributed by atoms with Crippen molar-refractivity contribution in [2.45, 2.75) is 51.2 Å². The Morgan fingerprint density at radius 2 is 2.03 bits per heavy atom. The first-order chi connectivity index (χ1) is 14.1. The number of carbonyl (C=O) groups excluding carboxylic acids is 2. The second-order valence-corrected chi connectivity index (χ2v) is 8.80. The first-order valence-corrected chi connectivity index (χ1v) is 11.2. The number of hydrogen-bond donors (Lipinski definition) is 0. The van der Waals surface area contributed by atoms with Crippen LogP contribution in [0.2, 0.25) is 0 Å². The maximum Gasteiger partial charge on any atom is 0.311 e. The predicted molar refractivity (Wildman–Crippen MR) is 113 cm³/mol. The Bertz CT molecular complexity index is 827. The molecule has 29 heavy (non-hydrogen) atoms. The lowest BCUT2D eigenvalue weighted by molar-refractivity contribution is -0.156. The molecule has 2 fully saturated rings. The SMILES string of the molecule is Cc1ccc(N2C(=O)CC[C@@H](C(=O)OC[C@@H]3CCCCO3)[C@H]2c2cccs2)cc1. The number of piperidine rings is 1. The van der Waals surface area contributed by atoms with Crippen molar-refractivity contribution in [1.29, 1.82) is 0 Å². The van der Waals surface area contributed by atoms with Crippen LogP contribution in [0.15, 0.2) is 41.8 Å². The van der Waals surface area contributed by atoms with E-state index >= 15 is 0 Å². The lowest BCUT2D eigenvalue weighted by Crippen LogP contribution is -2.46. The van der Waals surface area contributed by atoms with Gasteiger partial charge in [0.2, 0.25) is 5.91 Å². The standard InChI is InChI=1S/C23H27NO4S/c1-16-7-9-17(10-8-16)24-21(25)12-11-19(22(24)20-6-4-14-29-20)23(26)28-15-18-5-2-3-13-27-18/h4,6-10,14,18-19,22H,2-3,5,11-13,15H2,1H3/t18-,19+,22-/m0/s1. The largest absolute Gasteiger partial charge is 0.463 e. The van der Waals surface area contributed by atoms with Crippen LogP contribution in [0.1, 0.15) is 48.6 Å². The predicted octanol–water partition coefficient (Wildman–Crippen LogP) is 4.65. The minimum absolute atomic E-state index is 0.00804. The Labute approximate surface area is 175 Å². The van der Waals surface area contributed by atoms with E-state index in [0.29, 0.717) is 19.4 Å². The Morgan fingerprint density at radius 3 is 2.72 bits per heavy atom.